The molecule has 0 saturated heterocycles. The first-order chi connectivity index (χ1) is 12.2. The highest BCUT2D eigenvalue weighted by Crippen LogP contribution is 2.36. The zero-order chi connectivity index (χ0) is 17.6. The van der Waals surface area contributed by atoms with Crippen molar-refractivity contribution in [2.75, 3.05) is 13.7 Å². The number of aromatic amines is 1. The summed E-state index contributed by atoms with van der Waals surface area (Å²) < 4.78 is 12.4. The monoisotopic (exact) mass is 403 g/mol. The van der Waals surface area contributed by atoms with E-state index in [1.54, 1.807) is 7.11 Å². The number of ether oxygens (including phenoxy) is 2. The molecule has 3 aromatic rings. The van der Waals surface area contributed by atoms with Gasteiger partial charge in [-0.25, -0.2) is 4.98 Å². The van der Waals surface area contributed by atoms with E-state index in [1.807, 2.05) is 36.4 Å². The molecule has 25 heavy (non-hydrogen) atoms. The van der Waals surface area contributed by atoms with Gasteiger partial charge in [-0.1, -0.05) is 35.0 Å². The smallest absolute Gasteiger partial charge is 0.166 e. The highest BCUT2D eigenvalue weighted by atomic mass is 79.9. The van der Waals surface area contributed by atoms with Gasteiger partial charge in [-0.05, 0) is 30.7 Å². The molecule has 0 bridgehead atoms. The number of benzene rings is 2. The summed E-state index contributed by atoms with van der Waals surface area (Å²) in [7, 11) is 1.66. The Morgan fingerprint density at radius 1 is 1.16 bits per heavy atom. The van der Waals surface area contributed by atoms with Crippen LogP contribution in [0.5, 0.6) is 11.5 Å². The summed E-state index contributed by atoms with van der Waals surface area (Å²) in [4.78, 5) is 7.91. The number of hydrogen-bond acceptors (Lipinski definition) is 4. The predicted octanol–water partition coefficient (Wildman–Crippen LogP) is 4.41. The third-order valence-electron chi connectivity index (χ3n) is 3.87. The van der Waals surface area contributed by atoms with E-state index in [4.69, 9.17) is 9.47 Å². The molecule has 0 radical (unpaired) electrons. The van der Waals surface area contributed by atoms with Crippen molar-refractivity contribution in [1.29, 1.82) is 0 Å². The Kier molecular flexibility index (Phi) is 5.94. The standard InChI is InChI=1S/C19H22BrN3O2/c1-3-10-25-19-13(14(20)8-9-17(19)24-2)11-21-12-18-22-15-6-4-5-7-16(15)23-18/h4-9,21H,3,10-12H2,1-2H3,(H,22,23). The second-order valence-corrected chi connectivity index (χ2v) is 6.56. The van der Waals surface area contributed by atoms with Crippen LogP contribution in [-0.4, -0.2) is 23.7 Å². The van der Waals surface area contributed by atoms with Crippen LogP contribution in [0, 0.1) is 0 Å². The summed E-state index contributed by atoms with van der Waals surface area (Å²) >= 11 is 3.62. The fraction of sp³-hybridized carbons (Fsp3) is 0.316. The average molecular weight is 404 g/mol. The van der Waals surface area contributed by atoms with E-state index in [-0.39, 0.29) is 0 Å². The van der Waals surface area contributed by atoms with Crippen LogP contribution in [0.1, 0.15) is 24.7 Å². The quantitative estimate of drug-likeness (QED) is 0.584. The molecule has 0 atom stereocenters. The van der Waals surface area contributed by atoms with E-state index in [0.717, 1.165) is 44.8 Å². The number of imidazole rings is 1. The van der Waals surface area contributed by atoms with Crippen molar-refractivity contribution in [3.63, 3.8) is 0 Å². The van der Waals surface area contributed by atoms with E-state index in [0.29, 0.717) is 19.7 Å². The van der Waals surface area contributed by atoms with Gasteiger partial charge in [0, 0.05) is 16.6 Å². The Morgan fingerprint density at radius 2 is 2.00 bits per heavy atom. The summed E-state index contributed by atoms with van der Waals surface area (Å²) in [5.41, 5.74) is 3.08. The van der Waals surface area contributed by atoms with E-state index < -0.39 is 0 Å². The lowest BCUT2D eigenvalue weighted by Gasteiger charge is -2.16. The van der Waals surface area contributed by atoms with Gasteiger partial charge in [-0.3, -0.25) is 0 Å². The maximum atomic E-state index is 5.92. The van der Waals surface area contributed by atoms with E-state index >= 15 is 0 Å². The van der Waals surface area contributed by atoms with E-state index in [2.05, 4.69) is 38.1 Å². The van der Waals surface area contributed by atoms with Crippen molar-refractivity contribution < 1.29 is 9.47 Å². The molecular weight excluding hydrogens is 382 g/mol. The summed E-state index contributed by atoms with van der Waals surface area (Å²) in [5, 5.41) is 3.43. The Hall–Kier alpha value is -2.05. The second-order valence-electron chi connectivity index (χ2n) is 5.71. The Bertz CT molecular complexity index is 815. The number of aromatic nitrogens is 2. The molecule has 3 rings (SSSR count). The predicted molar refractivity (Wildman–Crippen MR) is 103 cm³/mol. The van der Waals surface area contributed by atoms with Crippen LogP contribution < -0.4 is 14.8 Å². The van der Waals surface area contributed by atoms with E-state index in [9.17, 15) is 0 Å². The van der Waals surface area contributed by atoms with Gasteiger partial charge in [0.05, 0.1) is 31.3 Å². The van der Waals surface area contributed by atoms with Gasteiger partial charge in [0.15, 0.2) is 11.5 Å². The van der Waals surface area contributed by atoms with Crippen LogP contribution in [0.4, 0.5) is 0 Å². The molecular formula is C19H22BrN3O2. The van der Waals surface area contributed by atoms with Crippen LogP contribution in [0.15, 0.2) is 40.9 Å². The normalized spacial score (nSPS) is 11.0. The number of H-pyrrole nitrogens is 1. The van der Waals surface area contributed by atoms with Crippen LogP contribution >= 0.6 is 15.9 Å². The number of nitrogens with zero attached hydrogens (tertiary/aromatic N) is 1. The SMILES string of the molecule is CCCOc1c(OC)ccc(Br)c1CNCc1nc2ccccc2[nH]1. The molecule has 0 fully saturated rings. The van der Waals surface area contributed by atoms with Gasteiger partial charge < -0.3 is 19.8 Å². The molecule has 2 N–H and O–H groups in total. The Labute approximate surface area is 155 Å². The maximum Gasteiger partial charge on any atom is 0.166 e. The van der Waals surface area contributed by atoms with Crippen LogP contribution in [-0.2, 0) is 13.1 Å². The summed E-state index contributed by atoms with van der Waals surface area (Å²) in [6.07, 6.45) is 0.946. The molecule has 0 amide bonds. The Balaban J connectivity index is 1.73. The molecule has 2 aromatic carbocycles. The van der Waals surface area contributed by atoms with E-state index in [1.165, 1.54) is 0 Å². The fourth-order valence-corrected chi connectivity index (χ4v) is 3.12. The molecule has 1 aromatic heterocycles. The van der Waals surface area contributed by atoms with Crippen LogP contribution in [0.2, 0.25) is 0 Å². The summed E-state index contributed by atoms with van der Waals surface area (Å²) in [6.45, 7) is 4.03. The lowest BCUT2D eigenvalue weighted by atomic mass is 10.2. The number of para-hydroxylation sites is 2. The lowest BCUT2D eigenvalue weighted by molar-refractivity contribution is 0.290. The zero-order valence-corrected chi connectivity index (χ0v) is 16.0. The number of fused-ring (bicyclic) bond motifs is 1. The lowest BCUT2D eigenvalue weighted by Crippen LogP contribution is -2.15. The van der Waals surface area contributed by atoms with Crippen molar-refractivity contribution >= 4 is 27.0 Å². The number of halogens is 1. The molecule has 6 heteroatoms. The third kappa shape index (κ3) is 4.14. The van der Waals surface area contributed by atoms with Gasteiger partial charge in [-0.15, -0.1) is 0 Å². The first-order valence-corrected chi connectivity index (χ1v) is 9.14. The van der Waals surface area contributed by atoms with Gasteiger partial charge in [0.1, 0.15) is 5.82 Å². The maximum absolute atomic E-state index is 5.92. The molecule has 0 saturated carbocycles. The van der Waals surface area contributed by atoms with Crippen molar-refractivity contribution in [2.45, 2.75) is 26.4 Å². The third-order valence-corrected chi connectivity index (χ3v) is 4.61. The van der Waals surface area contributed by atoms with Crippen molar-refractivity contribution in [3.8, 4) is 11.5 Å². The highest BCUT2D eigenvalue weighted by Gasteiger charge is 2.14. The minimum Gasteiger partial charge on any atom is -0.493 e. The van der Waals surface area contributed by atoms with Gasteiger partial charge >= 0.3 is 0 Å². The highest BCUT2D eigenvalue weighted by molar-refractivity contribution is 9.10. The molecule has 132 valence electrons. The number of nitrogens with one attached hydrogen (secondary N) is 2. The Morgan fingerprint density at radius 3 is 2.76 bits per heavy atom. The average Bonchev–Trinajstić information content (AvgIpc) is 3.04. The second kappa shape index (κ2) is 8.36. The fourth-order valence-electron chi connectivity index (χ4n) is 2.67. The minimum absolute atomic E-state index is 0.644. The van der Waals surface area contributed by atoms with Gasteiger partial charge in [0.25, 0.3) is 0 Å². The molecule has 0 aliphatic rings. The van der Waals surface area contributed by atoms with Crippen molar-refractivity contribution in [2.24, 2.45) is 0 Å². The molecule has 0 spiro atoms. The van der Waals surface area contributed by atoms with Crippen molar-refractivity contribution in [1.82, 2.24) is 15.3 Å². The zero-order valence-electron chi connectivity index (χ0n) is 14.4. The summed E-state index contributed by atoms with van der Waals surface area (Å²) in [5.74, 6) is 2.45. The number of rotatable bonds is 8. The van der Waals surface area contributed by atoms with Crippen molar-refractivity contribution in [3.05, 3.63) is 52.3 Å². The first kappa shape index (κ1) is 17.8. The molecule has 0 aliphatic carbocycles. The topological polar surface area (TPSA) is 59.2 Å². The largest absolute Gasteiger partial charge is 0.493 e. The van der Waals surface area contributed by atoms with Crippen LogP contribution in [0.3, 0.4) is 0 Å². The van der Waals surface area contributed by atoms with Crippen LogP contribution in [0.25, 0.3) is 11.0 Å². The number of methoxy groups -OCH3 is 1. The first-order valence-electron chi connectivity index (χ1n) is 8.35. The number of hydrogen-bond donors (Lipinski definition) is 2. The molecule has 0 unspecified atom stereocenters. The summed E-state index contributed by atoms with van der Waals surface area (Å²) in [6, 6.07) is 11.9. The van der Waals surface area contributed by atoms with Gasteiger partial charge in [-0.2, -0.15) is 0 Å². The molecule has 1 heterocycles. The minimum atomic E-state index is 0.644. The molecule has 5 nitrogen and oxygen atoms in total. The molecule has 0 aliphatic heterocycles. The van der Waals surface area contributed by atoms with Gasteiger partial charge in [0.2, 0.25) is 0 Å².